The van der Waals surface area contributed by atoms with Crippen LogP contribution in [0.2, 0.25) is 0 Å². The zero-order valence-electron chi connectivity index (χ0n) is 16.1. The lowest BCUT2D eigenvalue weighted by atomic mass is 10.1. The van der Waals surface area contributed by atoms with Gasteiger partial charge in [-0.15, -0.1) is 0 Å². The average Bonchev–Trinajstić information content (AvgIpc) is 2.76. The maximum absolute atomic E-state index is 14.4. The molecule has 9 heteroatoms. The minimum Gasteiger partial charge on any atom is -0.486 e. The highest BCUT2D eigenvalue weighted by molar-refractivity contribution is 9.10. The molecule has 0 saturated carbocycles. The summed E-state index contributed by atoms with van der Waals surface area (Å²) >= 11 is 3.21. The summed E-state index contributed by atoms with van der Waals surface area (Å²) in [6, 6.07) is 8.75. The van der Waals surface area contributed by atoms with Gasteiger partial charge in [-0.2, -0.15) is 0 Å². The maximum atomic E-state index is 14.4. The molecule has 156 valence electrons. The Balaban J connectivity index is 1.42. The Bertz CT molecular complexity index is 1080. The van der Waals surface area contributed by atoms with Gasteiger partial charge in [0.2, 0.25) is 0 Å². The molecule has 1 saturated heterocycles. The summed E-state index contributed by atoms with van der Waals surface area (Å²) in [6.07, 6.45) is 1.37. The molecule has 0 bridgehead atoms. The van der Waals surface area contributed by atoms with Crippen LogP contribution in [0.25, 0.3) is 10.9 Å². The van der Waals surface area contributed by atoms with E-state index in [4.69, 9.17) is 14.2 Å². The highest BCUT2D eigenvalue weighted by atomic mass is 79.9. The average molecular weight is 475 g/mol. The predicted molar refractivity (Wildman–Crippen MR) is 114 cm³/mol. The van der Waals surface area contributed by atoms with E-state index in [0.29, 0.717) is 39.6 Å². The Labute approximate surface area is 181 Å². The summed E-state index contributed by atoms with van der Waals surface area (Å²) in [7, 11) is 0. The summed E-state index contributed by atoms with van der Waals surface area (Å²) in [4.78, 5) is 11.0. The molecule has 1 unspecified atom stereocenters. The molecule has 1 aromatic heterocycles. The molecule has 3 aromatic rings. The quantitative estimate of drug-likeness (QED) is 0.617. The molecule has 1 atom stereocenters. The number of hydrogen-bond donors (Lipinski definition) is 1. The Hall–Kier alpha value is -2.49. The summed E-state index contributed by atoms with van der Waals surface area (Å²) in [6.45, 7) is 4.53. The molecule has 3 heterocycles. The van der Waals surface area contributed by atoms with Crippen LogP contribution in [0.3, 0.4) is 0 Å². The fraction of sp³-hybridized carbons (Fsp3) is 0.333. The van der Waals surface area contributed by atoms with Crippen molar-refractivity contribution in [3.63, 3.8) is 0 Å². The van der Waals surface area contributed by atoms with Gasteiger partial charge in [-0.05, 0) is 34.1 Å². The van der Waals surface area contributed by atoms with Gasteiger partial charge in [0.05, 0.1) is 28.9 Å². The molecule has 30 heavy (non-hydrogen) atoms. The van der Waals surface area contributed by atoms with Gasteiger partial charge in [-0.3, -0.25) is 4.90 Å². The van der Waals surface area contributed by atoms with E-state index in [1.165, 1.54) is 6.33 Å². The van der Waals surface area contributed by atoms with E-state index >= 15 is 0 Å². The third kappa shape index (κ3) is 3.92. The first-order chi connectivity index (χ1) is 14.7. The van der Waals surface area contributed by atoms with Crippen LogP contribution in [-0.2, 0) is 4.74 Å². The van der Waals surface area contributed by atoms with Crippen molar-refractivity contribution in [1.82, 2.24) is 14.9 Å². The van der Waals surface area contributed by atoms with Gasteiger partial charge in [0.15, 0.2) is 17.3 Å². The van der Waals surface area contributed by atoms with Crippen molar-refractivity contribution < 1.29 is 18.6 Å². The number of fused-ring (bicyclic) bond motifs is 2. The third-order valence-electron chi connectivity index (χ3n) is 5.19. The number of rotatable bonds is 4. The SMILES string of the molecule is Fc1c(Br)cccc1Nc1ncnc2cc3c(cc12)OC(CN1CCOCC1)CO3. The van der Waals surface area contributed by atoms with E-state index in [1.54, 1.807) is 18.2 Å². The normalized spacial score (nSPS) is 19.1. The number of halogens is 2. The molecule has 0 radical (unpaired) electrons. The molecule has 0 amide bonds. The van der Waals surface area contributed by atoms with Crippen molar-refractivity contribution in [2.45, 2.75) is 6.10 Å². The van der Waals surface area contributed by atoms with Crippen molar-refractivity contribution >= 4 is 38.3 Å². The van der Waals surface area contributed by atoms with Gasteiger partial charge in [-0.25, -0.2) is 14.4 Å². The minimum atomic E-state index is -0.382. The Morgan fingerprint density at radius 2 is 2.03 bits per heavy atom. The van der Waals surface area contributed by atoms with E-state index in [1.807, 2.05) is 12.1 Å². The van der Waals surface area contributed by atoms with Gasteiger partial charge in [0.1, 0.15) is 24.9 Å². The second kappa shape index (κ2) is 8.33. The van der Waals surface area contributed by atoms with Gasteiger partial charge >= 0.3 is 0 Å². The van der Waals surface area contributed by atoms with Crippen LogP contribution in [-0.4, -0.2) is 60.4 Å². The van der Waals surface area contributed by atoms with Crippen molar-refractivity contribution in [2.24, 2.45) is 0 Å². The van der Waals surface area contributed by atoms with Crippen LogP contribution < -0.4 is 14.8 Å². The van der Waals surface area contributed by atoms with Crippen LogP contribution in [0.4, 0.5) is 15.9 Å². The summed E-state index contributed by atoms with van der Waals surface area (Å²) in [5, 5.41) is 3.79. The number of aromatic nitrogens is 2. The van der Waals surface area contributed by atoms with Crippen LogP contribution in [0.5, 0.6) is 11.5 Å². The monoisotopic (exact) mass is 474 g/mol. The second-order valence-corrected chi connectivity index (χ2v) is 8.08. The standard InChI is InChI=1S/C21H20BrFN4O3/c22-15-2-1-3-16(20(15)23)26-21-14-8-19-18(9-17(14)24-12-25-21)29-11-13(30-19)10-27-4-6-28-7-5-27/h1-3,8-9,12-13H,4-7,10-11H2,(H,24,25,26). The van der Waals surface area contributed by atoms with Gasteiger partial charge < -0.3 is 19.5 Å². The first-order valence-electron chi connectivity index (χ1n) is 9.77. The van der Waals surface area contributed by atoms with E-state index in [9.17, 15) is 4.39 Å². The highest BCUT2D eigenvalue weighted by Crippen LogP contribution is 2.38. The molecule has 1 N–H and O–H groups in total. The second-order valence-electron chi connectivity index (χ2n) is 7.23. The third-order valence-corrected chi connectivity index (χ3v) is 5.80. The molecule has 2 aliphatic heterocycles. The van der Waals surface area contributed by atoms with Gasteiger partial charge in [0.25, 0.3) is 0 Å². The smallest absolute Gasteiger partial charge is 0.163 e. The molecule has 2 aromatic carbocycles. The number of ether oxygens (including phenoxy) is 3. The predicted octanol–water partition coefficient (Wildman–Crippen LogP) is 3.75. The Morgan fingerprint density at radius 3 is 2.90 bits per heavy atom. The summed E-state index contributed by atoms with van der Waals surface area (Å²) in [5.74, 6) is 1.41. The summed E-state index contributed by atoms with van der Waals surface area (Å²) in [5.41, 5.74) is 1.02. The van der Waals surface area contributed by atoms with Crippen LogP contribution in [0.1, 0.15) is 0 Å². The highest BCUT2D eigenvalue weighted by Gasteiger charge is 2.25. The number of anilines is 2. The molecule has 5 rings (SSSR count). The van der Waals surface area contributed by atoms with Crippen LogP contribution >= 0.6 is 15.9 Å². The van der Waals surface area contributed by atoms with Crippen molar-refractivity contribution in [1.29, 1.82) is 0 Å². The zero-order valence-corrected chi connectivity index (χ0v) is 17.7. The zero-order chi connectivity index (χ0) is 20.5. The molecule has 7 nitrogen and oxygen atoms in total. The van der Waals surface area contributed by atoms with Crippen molar-refractivity contribution in [3.8, 4) is 11.5 Å². The van der Waals surface area contributed by atoms with Gasteiger partial charge in [-0.1, -0.05) is 6.07 Å². The fourth-order valence-electron chi connectivity index (χ4n) is 3.65. The molecule has 2 aliphatic rings. The van der Waals surface area contributed by atoms with E-state index in [0.717, 1.165) is 38.2 Å². The topological polar surface area (TPSA) is 68.7 Å². The number of hydrogen-bond acceptors (Lipinski definition) is 7. The molecular formula is C21H20BrFN4O3. The van der Waals surface area contributed by atoms with Crippen LogP contribution in [0.15, 0.2) is 41.1 Å². The molecule has 0 spiro atoms. The number of nitrogens with one attached hydrogen (secondary N) is 1. The van der Waals surface area contributed by atoms with Crippen LogP contribution in [0, 0.1) is 5.82 Å². The number of nitrogens with zero attached hydrogens (tertiary/aromatic N) is 3. The first kappa shape index (κ1) is 19.5. The number of morpholine rings is 1. The van der Waals surface area contributed by atoms with Gasteiger partial charge in [0, 0.05) is 31.1 Å². The van der Waals surface area contributed by atoms with E-state index in [2.05, 4.69) is 36.1 Å². The molecule has 1 fully saturated rings. The molecular weight excluding hydrogens is 455 g/mol. The van der Waals surface area contributed by atoms with Crippen molar-refractivity contribution in [3.05, 3.63) is 46.9 Å². The lowest BCUT2D eigenvalue weighted by Crippen LogP contribution is -2.45. The minimum absolute atomic E-state index is 0.0726. The lowest BCUT2D eigenvalue weighted by molar-refractivity contribution is 0.00322. The largest absolute Gasteiger partial charge is 0.486 e. The maximum Gasteiger partial charge on any atom is 0.163 e. The Morgan fingerprint density at radius 1 is 1.17 bits per heavy atom. The first-order valence-corrected chi connectivity index (χ1v) is 10.6. The molecule has 0 aliphatic carbocycles. The Kier molecular flexibility index (Phi) is 5.41. The summed E-state index contributed by atoms with van der Waals surface area (Å²) < 4.78 is 32.4. The number of benzene rings is 2. The fourth-order valence-corrected chi connectivity index (χ4v) is 4.02. The van der Waals surface area contributed by atoms with E-state index in [-0.39, 0.29) is 11.9 Å². The van der Waals surface area contributed by atoms with Crippen molar-refractivity contribution in [2.75, 3.05) is 44.8 Å². The van der Waals surface area contributed by atoms with E-state index < -0.39 is 0 Å². The lowest BCUT2D eigenvalue weighted by Gasteiger charge is -2.33.